The lowest BCUT2D eigenvalue weighted by Crippen LogP contribution is -2.00. The number of para-hydroxylation sites is 1. The second kappa shape index (κ2) is 3.60. The Bertz CT molecular complexity index is 787. The summed E-state index contributed by atoms with van der Waals surface area (Å²) in [4.78, 5) is 11.8. The molecule has 3 aromatic rings. The van der Waals surface area contributed by atoms with E-state index in [1.165, 1.54) is 0 Å². The normalized spacial score (nSPS) is 11.2. The first-order chi connectivity index (χ1) is 8.18. The first-order valence-electron chi connectivity index (χ1n) is 5.29. The summed E-state index contributed by atoms with van der Waals surface area (Å²) in [6.07, 6.45) is 0. The average molecular weight is 245 g/mol. The summed E-state index contributed by atoms with van der Waals surface area (Å²) in [6.45, 7) is 1.92. The van der Waals surface area contributed by atoms with E-state index >= 15 is 0 Å². The van der Waals surface area contributed by atoms with Crippen molar-refractivity contribution >= 4 is 33.3 Å². The first-order valence-corrected chi connectivity index (χ1v) is 5.67. The largest absolute Gasteiger partial charge is 0.422 e. The maximum Gasteiger partial charge on any atom is 0.344 e. The van der Waals surface area contributed by atoms with Crippen LogP contribution in [0.2, 0.25) is 5.02 Å². The van der Waals surface area contributed by atoms with E-state index in [0.29, 0.717) is 16.0 Å². The zero-order valence-electron chi connectivity index (χ0n) is 9.16. The number of hydrogen-bond acceptors (Lipinski definition) is 2. The van der Waals surface area contributed by atoms with Crippen molar-refractivity contribution in [2.45, 2.75) is 6.92 Å². The van der Waals surface area contributed by atoms with Crippen LogP contribution in [0.5, 0.6) is 0 Å². The molecular weight excluding hydrogens is 236 g/mol. The third-order valence-corrected chi connectivity index (χ3v) is 3.40. The Morgan fingerprint density at radius 1 is 1.06 bits per heavy atom. The first kappa shape index (κ1) is 10.4. The zero-order chi connectivity index (χ0) is 12.0. The van der Waals surface area contributed by atoms with E-state index in [1.54, 1.807) is 12.1 Å². The van der Waals surface area contributed by atoms with E-state index < -0.39 is 0 Å². The van der Waals surface area contributed by atoms with Crippen LogP contribution in [0.25, 0.3) is 21.7 Å². The fourth-order valence-electron chi connectivity index (χ4n) is 2.03. The Kier molecular flexibility index (Phi) is 2.20. The second-order valence-electron chi connectivity index (χ2n) is 4.00. The molecule has 0 N–H and O–H groups in total. The van der Waals surface area contributed by atoms with Gasteiger partial charge in [-0.3, -0.25) is 0 Å². The van der Waals surface area contributed by atoms with Gasteiger partial charge in [-0.2, -0.15) is 0 Å². The van der Waals surface area contributed by atoms with Crippen molar-refractivity contribution < 1.29 is 4.42 Å². The predicted octanol–water partition coefficient (Wildman–Crippen LogP) is 3.91. The fourth-order valence-corrected chi connectivity index (χ4v) is 2.30. The topological polar surface area (TPSA) is 30.2 Å². The minimum Gasteiger partial charge on any atom is -0.422 e. The number of rotatable bonds is 0. The Hall–Kier alpha value is -1.80. The third kappa shape index (κ3) is 1.45. The molecule has 0 spiro atoms. The summed E-state index contributed by atoms with van der Waals surface area (Å²) < 4.78 is 5.26. The van der Waals surface area contributed by atoms with Crippen molar-refractivity contribution in [3.05, 3.63) is 57.4 Å². The second-order valence-corrected chi connectivity index (χ2v) is 4.38. The number of aryl methyl sites for hydroxylation is 1. The summed E-state index contributed by atoms with van der Waals surface area (Å²) >= 11 is 6.30. The average Bonchev–Trinajstić information content (AvgIpc) is 2.33. The molecule has 2 nitrogen and oxygen atoms in total. The van der Waals surface area contributed by atoms with Gasteiger partial charge in [-0.15, -0.1) is 0 Å². The predicted molar refractivity (Wildman–Crippen MR) is 69.7 cm³/mol. The minimum atomic E-state index is -0.347. The van der Waals surface area contributed by atoms with Gasteiger partial charge in [0.05, 0.1) is 10.4 Å². The van der Waals surface area contributed by atoms with Crippen molar-refractivity contribution in [1.82, 2.24) is 0 Å². The number of hydrogen-bond donors (Lipinski definition) is 0. The fraction of sp³-hybridized carbons (Fsp3) is 0.0714. The van der Waals surface area contributed by atoms with Gasteiger partial charge in [-0.25, -0.2) is 4.79 Å². The number of halogens is 1. The highest BCUT2D eigenvalue weighted by Crippen LogP contribution is 2.31. The third-order valence-electron chi connectivity index (χ3n) is 2.91. The summed E-state index contributed by atoms with van der Waals surface area (Å²) in [5.41, 5.74) is 1.17. The lowest BCUT2D eigenvalue weighted by atomic mass is 10.1. The van der Waals surface area contributed by atoms with Crippen LogP contribution in [-0.2, 0) is 0 Å². The molecule has 0 bridgehead atoms. The van der Waals surface area contributed by atoms with Gasteiger partial charge in [0, 0.05) is 10.8 Å². The standard InChI is InChI=1S/C14H9ClO2/c1-8-6-7-10-12(13(8)15)9-4-2-3-5-11(9)17-14(10)16/h2-7H,1H3. The molecule has 84 valence electrons. The van der Waals surface area contributed by atoms with Crippen molar-refractivity contribution in [3.63, 3.8) is 0 Å². The highest BCUT2D eigenvalue weighted by Gasteiger charge is 2.11. The molecule has 0 unspecified atom stereocenters. The molecular formula is C14H9ClO2. The van der Waals surface area contributed by atoms with Gasteiger partial charge in [0.15, 0.2) is 0 Å². The molecule has 0 fully saturated rings. The molecule has 0 aliphatic heterocycles. The van der Waals surface area contributed by atoms with Crippen LogP contribution < -0.4 is 5.63 Å². The molecule has 0 saturated carbocycles. The Labute approximate surface area is 102 Å². The van der Waals surface area contributed by atoms with Gasteiger partial charge in [-0.1, -0.05) is 35.9 Å². The van der Waals surface area contributed by atoms with Crippen LogP contribution in [0, 0.1) is 6.92 Å². The highest BCUT2D eigenvalue weighted by atomic mass is 35.5. The van der Waals surface area contributed by atoms with Crippen LogP contribution in [0.15, 0.2) is 45.6 Å². The molecule has 0 saturated heterocycles. The van der Waals surface area contributed by atoms with E-state index in [0.717, 1.165) is 16.3 Å². The maximum absolute atomic E-state index is 11.8. The molecule has 0 atom stereocenters. The molecule has 0 aliphatic carbocycles. The summed E-state index contributed by atoms with van der Waals surface area (Å²) in [6, 6.07) is 11.0. The molecule has 0 aliphatic rings. The van der Waals surface area contributed by atoms with Crippen LogP contribution in [0.3, 0.4) is 0 Å². The van der Waals surface area contributed by atoms with Crippen molar-refractivity contribution in [2.24, 2.45) is 0 Å². The lowest BCUT2D eigenvalue weighted by molar-refractivity contribution is 0.569. The zero-order valence-corrected chi connectivity index (χ0v) is 9.91. The molecule has 1 aromatic heterocycles. The molecule has 3 rings (SSSR count). The van der Waals surface area contributed by atoms with E-state index in [4.69, 9.17) is 16.0 Å². The van der Waals surface area contributed by atoms with E-state index in [1.807, 2.05) is 31.2 Å². The molecule has 3 heteroatoms. The summed E-state index contributed by atoms with van der Waals surface area (Å²) in [7, 11) is 0. The quantitative estimate of drug-likeness (QED) is 0.443. The van der Waals surface area contributed by atoms with E-state index in [-0.39, 0.29) is 5.63 Å². The van der Waals surface area contributed by atoms with Crippen LogP contribution in [0.1, 0.15) is 5.56 Å². The summed E-state index contributed by atoms with van der Waals surface area (Å²) in [5, 5.41) is 2.79. The number of benzene rings is 2. The van der Waals surface area contributed by atoms with Crippen LogP contribution in [0.4, 0.5) is 0 Å². The molecule has 0 radical (unpaired) electrons. The Morgan fingerprint density at radius 3 is 2.65 bits per heavy atom. The van der Waals surface area contributed by atoms with Crippen LogP contribution >= 0.6 is 11.6 Å². The van der Waals surface area contributed by atoms with Crippen molar-refractivity contribution in [2.75, 3.05) is 0 Å². The van der Waals surface area contributed by atoms with Crippen LogP contribution in [-0.4, -0.2) is 0 Å². The SMILES string of the molecule is Cc1ccc2c(=O)oc3ccccc3c2c1Cl. The van der Waals surface area contributed by atoms with E-state index in [9.17, 15) is 4.79 Å². The van der Waals surface area contributed by atoms with Crippen molar-refractivity contribution in [3.8, 4) is 0 Å². The monoisotopic (exact) mass is 244 g/mol. The molecule has 2 aromatic carbocycles. The smallest absolute Gasteiger partial charge is 0.344 e. The minimum absolute atomic E-state index is 0.347. The highest BCUT2D eigenvalue weighted by molar-refractivity contribution is 6.38. The van der Waals surface area contributed by atoms with Gasteiger partial charge in [0.1, 0.15) is 5.58 Å². The number of fused-ring (bicyclic) bond motifs is 3. The molecule has 1 heterocycles. The molecule has 17 heavy (non-hydrogen) atoms. The van der Waals surface area contributed by atoms with Gasteiger partial charge in [0.25, 0.3) is 0 Å². The maximum atomic E-state index is 11.8. The van der Waals surface area contributed by atoms with Gasteiger partial charge >= 0.3 is 5.63 Å². The van der Waals surface area contributed by atoms with Gasteiger partial charge < -0.3 is 4.42 Å². The van der Waals surface area contributed by atoms with Gasteiger partial charge in [0.2, 0.25) is 0 Å². The van der Waals surface area contributed by atoms with E-state index in [2.05, 4.69) is 0 Å². The lowest BCUT2D eigenvalue weighted by Gasteiger charge is -2.06. The Balaban J connectivity index is 2.72. The van der Waals surface area contributed by atoms with Gasteiger partial charge in [-0.05, 0) is 24.6 Å². The molecule has 0 amide bonds. The summed E-state index contributed by atoms with van der Waals surface area (Å²) in [5.74, 6) is 0. The Morgan fingerprint density at radius 2 is 1.82 bits per heavy atom. The van der Waals surface area contributed by atoms with Crippen molar-refractivity contribution in [1.29, 1.82) is 0 Å².